The van der Waals surface area contributed by atoms with Crippen molar-refractivity contribution in [2.75, 3.05) is 19.4 Å². The lowest BCUT2D eigenvalue weighted by Gasteiger charge is -2.07. The summed E-state index contributed by atoms with van der Waals surface area (Å²) in [4.78, 5) is 23.4. The molecule has 0 spiro atoms. The van der Waals surface area contributed by atoms with Crippen molar-refractivity contribution < 1.29 is 27.5 Å². The number of nitrogens with one attached hydrogen (secondary N) is 1. The number of carbonyl (C=O) groups excluding carboxylic acids is 2. The predicted molar refractivity (Wildman–Crippen MR) is 77.3 cm³/mol. The molecule has 0 aliphatic heterocycles. The molecule has 1 amide bonds. The summed E-state index contributed by atoms with van der Waals surface area (Å²) in [7, 11) is 0. The first kappa shape index (κ1) is 18.1. The van der Waals surface area contributed by atoms with Gasteiger partial charge in [0, 0.05) is 11.0 Å². The lowest BCUT2D eigenvalue weighted by molar-refractivity contribution is -0.148. The van der Waals surface area contributed by atoms with Crippen LogP contribution in [0.25, 0.3) is 6.08 Å². The van der Waals surface area contributed by atoms with Gasteiger partial charge in [-0.2, -0.15) is 13.2 Å². The molecule has 0 fully saturated rings. The molecular formula is C14H14F3NO3S. The van der Waals surface area contributed by atoms with Crippen LogP contribution in [-0.2, 0) is 14.3 Å². The van der Waals surface area contributed by atoms with Gasteiger partial charge in [0.15, 0.2) is 6.61 Å². The second-order valence-corrected chi connectivity index (χ2v) is 4.99. The van der Waals surface area contributed by atoms with Crippen LogP contribution in [0.1, 0.15) is 5.56 Å². The van der Waals surface area contributed by atoms with E-state index in [2.05, 4.69) is 4.74 Å². The third kappa shape index (κ3) is 7.72. The van der Waals surface area contributed by atoms with E-state index in [0.717, 1.165) is 16.5 Å². The third-order valence-electron chi connectivity index (χ3n) is 2.36. The lowest BCUT2D eigenvalue weighted by Crippen LogP contribution is -2.36. The van der Waals surface area contributed by atoms with E-state index in [-0.39, 0.29) is 0 Å². The number of rotatable bonds is 6. The zero-order chi connectivity index (χ0) is 16.6. The Hall–Kier alpha value is -1.96. The minimum Gasteiger partial charge on any atom is -0.452 e. The summed E-state index contributed by atoms with van der Waals surface area (Å²) in [6, 6.07) is 7.35. The standard InChI is InChI=1S/C14H14F3NO3S/c1-22-11-5-2-10(3-6-11)4-7-13(20)21-8-12(19)18-9-14(15,16)17/h2-7H,8-9H2,1H3,(H,18,19)/b7-4+. The SMILES string of the molecule is CSc1ccc(/C=C/C(=O)OCC(=O)NCC(F)(F)F)cc1. The Kier molecular flexibility index (Phi) is 6.97. The van der Waals surface area contributed by atoms with Crippen LogP contribution in [0, 0.1) is 0 Å². The molecular weight excluding hydrogens is 319 g/mol. The molecule has 4 nitrogen and oxygen atoms in total. The van der Waals surface area contributed by atoms with Crippen molar-refractivity contribution in [1.82, 2.24) is 5.32 Å². The molecule has 0 heterocycles. The number of amides is 1. The molecule has 8 heteroatoms. The van der Waals surface area contributed by atoms with Crippen molar-refractivity contribution in [2.24, 2.45) is 0 Å². The second kappa shape index (κ2) is 8.47. The number of hydrogen-bond acceptors (Lipinski definition) is 4. The van der Waals surface area contributed by atoms with Crippen molar-refractivity contribution in [3.05, 3.63) is 35.9 Å². The van der Waals surface area contributed by atoms with Crippen LogP contribution in [0.3, 0.4) is 0 Å². The monoisotopic (exact) mass is 333 g/mol. The fourth-order valence-electron chi connectivity index (χ4n) is 1.31. The summed E-state index contributed by atoms with van der Waals surface area (Å²) in [5, 5.41) is 1.60. The van der Waals surface area contributed by atoms with Crippen molar-refractivity contribution in [2.45, 2.75) is 11.1 Å². The largest absolute Gasteiger partial charge is 0.452 e. The maximum Gasteiger partial charge on any atom is 0.405 e. The second-order valence-electron chi connectivity index (χ2n) is 4.11. The highest BCUT2D eigenvalue weighted by atomic mass is 32.2. The summed E-state index contributed by atoms with van der Waals surface area (Å²) in [6.07, 6.45) is 0.0275. The summed E-state index contributed by atoms with van der Waals surface area (Å²) in [5.41, 5.74) is 0.760. The molecule has 0 aliphatic rings. The van der Waals surface area contributed by atoms with Gasteiger partial charge in [-0.25, -0.2) is 4.79 Å². The first-order valence-corrected chi connectivity index (χ1v) is 7.35. The summed E-state index contributed by atoms with van der Waals surface area (Å²) >= 11 is 1.58. The fourth-order valence-corrected chi connectivity index (χ4v) is 1.72. The van der Waals surface area contributed by atoms with Gasteiger partial charge in [-0.3, -0.25) is 4.79 Å². The van der Waals surface area contributed by atoms with E-state index in [9.17, 15) is 22.8 Å². The van der Waals surface area contributed by atoms with Gasteiger partial charge < -0.3 is 10.1 Å². The van der Waals surface area contributed by atoms with Crippen LogP contribution in [0.2, 0.25) is 0 Å². The molecule has 0 bridgehead atoms. The molecule has 0 atom stereocenters. The summed E-state index contributed by atoms with van der Waals surface area (Å²) in [5.74, 6) is -1.82. The number of halogens is 3. The maximum atomic E-state index is 11.8. The zero-order valence-electron chi connectivity index (χ0n) is 11.6. The van der Waals surface area contributed by atoms with E-state index >= 15 is 0 Å². The molecule has 0 saturated carbocycles. The number of alkyl halides is 3. The fraction of sp³-hybridized carbons (Fsp3) is 0.286. The van der Waals surface area contributed by atoms with Gasteiger partial charge in [0.05, 0.1) is 0 Å². The minimum atomic E-state index is -4.50. The first-order chi connectivity index (χ1) is 10.3. The van der Waals surface area contributed by atoms with Gasteiger partial charge in [0.1, 0.15) is 6.54 Å². The van der Waals surface area contributed by atoms with E-state index in [1.807, 2.05) is 18.4 Å². The smallest absolute Gasteiger partial charge is 0.405 e. The topological polar surface area (TPSA) is 55.4 Å². The predicted octanol–water partition coefficient (Wildman–Crippen LogP) is 2.64. The number of benzene rings is 1. The van der Waals surface area contributed by atoms with Gasteiger partial charge >= 0.3 is 12.1 Å². The number of thioether (sulfide) groups is 1. The summed E-state index contributed by atoms with van der Waals surface area (Å²) < 4.78 is 40.1. The zero-order valence-corrected chi connectivity index (χ0v) is 12.5. The van der Waals surface area contributed by atoms with Gasteiger partial charge in [0.25, 0.3) is 5.91 Å². The van der Waals surface area contributed by atoms with Gasteiger partial charge in [-0.15, -0.1) is 11.8 Å². The highest BCUT2D eigenvalue weighted by Crippen LogP contribution is 2.15. The van der Waals surface area contributed by atoms with E-state index in [1.54, 1.807) is 29.2 Å². The van der Waals surface area contributed by atoms with Crippen LogP contribution in [0.15, 0.2) is 35.2 Å². The lowest BCUT2D eigenvalue weighted by atomic mass is 10.2. The molecule has 0 aliphatic carbocycles. The maximum absolute atomic E-state index is 11.8. The van der Waals surface area contributed by atoms with Crippen molar-refractivity contribution in [1.29, 1.82) is 0 Å². The normalized spacial score (nSPS) is 11.5. The Labute approximate surface area is 129 Å². The molecule has 0 radical (unpaired) electrons. The van der Waals surface area contributed by atoms with Gasteiger partial charge in [-0.05, 0) is 30.0 Å². The van der Waals surface area contributed by atoms with Crippen LogP contribution in [0.4, 0.5) is 13.2 Å². The molecule has 1 aromatic carbocycles. The molecule has 1 rings (SSSR count). The Balaban J connectivity index is 2.36. The van der Waals surface area contributed by atoms with Crippen molar-refractivity contribution in [3.63, 3.8) is 0 Å². The van der Waals surface area contributed by atoms with Gasteiger partial charge in [0.2, 0.25) is 0 Å². The molecule has 22 heavy (non-hydrogen) atoms. The highest BCUT2D eigenvalue weighted by molar-refractivity contribution is 7.98. The third-order valence-corrected chi connectivity index (χ3v) is 3.10. The summed E-state index contributed by atoms with van der Waals surface area (Å²) in [6.45, 7) is -2.22. The molecule has 0 unspecified atom stereocenters. The van der Waals surface area contributed by atoms with E-state index in [4.69, 9.17) is 0 Å². The van der Waals surface area contributed by atoms with E-state index in [1.165, 1.54) is 6.08 Å². The van der Waals surface area contributed by atoms with Crippen molar-refractivity contribution >= 4 is 29.7 Å². The van der Waals surface area contributed by atoms with Gasteiger partial charge in [-0.1, -0.05) is 12.1 Å². The van der Waals surface area contributed by atoms with Crippen LogP contribution < -0.4 is 5.32 Å². The molecule has 0 aromatic heterocycles. The Morgan fingerprint density at radius 1 is 1.27 bits per heavy atom. The Morgan fingerprint density at radius 2 is 1.91 bits per heavy atom. The number of carbonyl (C=O) groups is 2. The Morgan fingerprint density at radius 3 is 2.45 bits per heavy atom. The quantitative estimate of drug-likeness (QED) is 0.494. The Bertz CT molecular complexity index is 541. The highest BCUT2D eigenvalue weighted by Gasteiger charge is 2.27. The minimum absolute atomic E-state index is 0.759. The van der Waals surface area contributed by atoms with Crippen LogP contribution >= 0.6 is 11.8 Å². The molecule has 1 N–H and O–H groups in total. The first-order valence-electron chi connectivity index (χ1n) is 6.12. The number of hydrogen-bond donors (Lipinski definition) is 1. The average molecular weight is 333 g/mol. The van der Waals surface area contributed by atoms with E-state index in [0.29, 0.717) is 0 Å². The molecule has 0 saturated heterocycles. The van der Waals surface area contributed by atoms with Crippen LogP contribution in [-0.4, -0.2) is 37.5 Å². The van der Waals surface area contributed by atoms with E-state index < -0.39 is 31.2 Å². The number of ether oxygens (including phenoxy) is 1. The molecule has 120 valence electrons. The van der Waals surface area contributed by atoms with Crippen LogP contribution in [0.5, 0.6) is 0 Å². The molecule has 1 aromatic rings. The number of esters is 1. The average Bonchev–Trinajstić information content (AvgIpc) is 2.48. The van der Waals surface area contributed by atoms with Crippen molar-refractivity contribution in [3.8, 4) is 0 Å².